The number of likely N-dealkylation sites (tertiary alicyclic amines) is 1. The molecule has 4 saturated heterocycles. The Kier molecular flexibility index (Phi) is 5.21. The fraction of sp³-hybridized carbons (Fsp3) is 0.577. The van der Waals surface area contributed by atoms with Gasteiger partial charge in [0.25, 0.3) is 5.91 Å². The SMILES string of the molecule is N=C1N[C@H]2[C@H](CN3C(=O)CCC3=O)NC(=N)N3CC(NC(=O)c4cccc5c4OCCC54CCC4)C(O)(O)C23N1. The Hall–Kier alpha value is -3.91. The first-order valence-electron chi connectivity index (χ1n) is 13.7. The van der Waals surface area contributed by atoms with Crippen LogP contribution in [0.1, 0.15) is 54.4 Å². The molecule has 14 nitrogen and oxygen atoms in total. The molecule has 1 aromatic rings. The molecule has 14 heteroatoms. The van der Waals surface area contributed by atoms with Gasteiger partial charge in [0.1, 0.15) is 11.8 Å². The Balaban J connectivity index is 1.19. The number of fused-ring (bicyclic) bond motifs is 2. The monoisotopic (exact) mass is 552 g/mol. The van der Waals surface area contributed by atoms with Gasteiger partial charge in [-0.3, -0.25) is 30.1 Å². The first-order valence-corrected chi connectivity index (χ1v) is 13.7. The van der Waals surface area contributed by atoms with Crippen LogP contribution in [0.4, 0.5) is 0 Å². The summed E-state index contributed by atoms with van der Waals surface area (Å²) in [4.78, 5) is 40.7. The molecule has 0 aromatic heterocycles. The second-order valence-corrected chi connectivity index (χ2v) is 11.7. The summed E-state index contributed by atoms with van der Waals surface area (Å²) in [5.41, 5.74) is -0.492. The number of rotatable bonds is 4. The number of hydrogen-bond acceptors (Lipinski definition) is 8. The van der Waals surface area contributed by atoms with E-state index >= 15 is 0 Å². The fourth-order valence-electron chi connectivity index (χ4n) is 7.49. The maximum Gasteiger partial charge on any atom is 0.255 e. The van der Waals surface area contributed by atoms with Gasteiger partial charge in [-0.25, -0.2) is 0 Å². The molecule has 212 valence electrons. The molecule has 3 amide bonds. The predicted molar refractivity (Wildman–Crippen MR) is 138 cm³/mol. The van der Waals surface area contributed by atoms with Gasteiger partial charge in [0.2, 0.25) is 17.6 Å². The molecule has 4 atom stereocenters. The summed E-state index contributed by atoms with van der Waals surface area (Å²) in [5, 5.41) is 51.7. The number of nitrogens with zero attached hydrogens (tertiary/aromatic N) is 2. The van der Waals surface area contributed by atoms with Crippen molar-refractivity contribution in [2.24, 2.45) is 0 Å². The minimum Gasteiger partial charge on any atom is -0.492 e. The number of ether oxygens (including phenoxy) is 1. The first-order chi connectivity index (χ1) is 19.1. The molecule has 2 spiro atoms. The molecule has 8 N–H and O–H groups in total. The lowest BCUT2D eigenvalue weighted by atomic mass is 9.61. The van der Waals surface area contributed by atoms with Crippen molar-refractivity contribution in [3.05, 3.63) is 29.3 Å². The molecular weight excluding hydrogens is 520 g/mol. The second kappa shape index (κ2) is 8.30. The lowest BCUT2D eigenvalue weighted by molar-refractivity contribution is -0.232. The van der Waals surface area contributed by atoms with Gasteiger partial charge in [0.15, 0.2) is 17.6 Å². The zero-order valence-electron chi connectivity index (χ0n) is 21.7. The first kappa shape index (κ1) is 25.1. The minimum absolute atomic E-state index is 0.0233. The Labute approximate surface area is 229 Å². The van der Waals surface area contributed by atoms with Crippen LogP contribution in [0.5, 0.6) is 5.75 Å². The molecule has 0 bridgehead atoms. The number of para-hydroxylation sites is 1. The number of benzene rings is 1. The molecule has 5 fully saturated rings. The van der Waals surface area contributed by atoms with E-state index in [-0.39, 0.29) is 55.1 Å². The van der Waals surface area contributed by atoms with Gasteiger partial charge < -0.3 is 41.1 Å². The zero-order valence-corrected chi connectivity index (χ0v) is 21.7. The number of hydrogen-bond donors (Lipinski definition) is 8. The standard InChI is InChI=1S/C26H32N8O6/c27-22-31-20-15(11-33-17(35)5-6-18(33)36)29-23(28)34-12-16(26(38,39)25(20,34)32-22)30-21(37)13-3-1-4-14-19(13)40-10-9-24(14)7-2-8-24/h1,3-4,15-16,20,38-39H,2,5-12H2,(H2,28,29)(H,30,37)(H3,27,31,32)/t15-,16?,20-,25?/m0/s1. The van der Waals surface area contributed by atoms with Gasteiger partial charge in [-0.2, -0.15) is 0 Å². The molecule has 7 rings (SSSR count). The van der Waals surface area contributed by atoms with Gasteiger partial charge in [-0.1, -0.05) is 18.6 Å². The molecule has 5 aliphatic heterocycles. The smallest absolute Gasteiger partial charge is 0.255 e. The highest BCUT2D eigenvalue weighted by molar-refractivity contribution is 6.02. The van der Waals surface area contributed by atoms with Crippen LogP contribution in [0, 0.1) is 10.8 Å². The van der Waals surface area contributed by atoms with Gasteiger partial charge in [0.05, 0.1) is 30.8 Å². The molecule has 1 saturated carbocycles. The van der Waals surface area contributed by atoms with Gasteiger partial charge in [-0.15, -0.1) is 0 Å². The van der Waals surface area contributed by atoms with Crippen molar-refractivity contribution in [1.29, 1.82) is 10.8 Å². The van der Waals surface area contributed by atoms with E-state index in [4.69, 9.17) is 15.6 Å². The van der Waals surface area contributed by atoms with Crippen LogP contribution in [-0.4, -0.2) is 98.9 Å². The summed E-state index contributed by atoms with van der Waals surface area (Å²) in [6.45, 7) is 0.231. The molecule has 0 radical (unpaired) electrons. The van der Waals surface area contributed by atoms with E-state index in [1.165, 1.54) is 4.90 Å². The maximum absolute atomic E-state index is 13.6. The van der Waals surface area contributed by atoms with Crippen LogP contribution in [0.3, 0.4) is 0 Å². The Morgan fingerprint density at radius 1 is 1.12 bits per heavy atom. The number of amides is 3. The lowest BCUT2D eigenvalue weighted by Crippen LogP contribution is -2.81. The van der Waals surface area contributed by atoms with E-state index in [2.05, 4.69) is 21.3 Å². The van der Waals surface area contributed by atoms with Gasteiger partial charge in [-0.05, 0) is 25.3 Å². The maximum atomic E-state index is 13.6. The molecule has 1 aliphatic carbocycles. The highest BCUT2D eigenvalue weighted by atomic mass is 16.5. The Bertz CT molecular complexity index is 1340. The quantitative estimate of drug-likeness (QED) is 0.156. The minimum atomic E-state index is -2.67. The molecule has 5 heterocycles. The summed E-state index contributed by atoms with van der Waals surface area (Å²) in [6.07, 6.45) is 4.31. The predicted octanol–water partition coefficient (Wildman–Crippen LogP) is -1.77. The summed E-state index contributed by atoms with van der Waals surface area (Å²) >= 11 is 0. The average Bonchev–Trinajstić information content (AvgIpc) is 3.49. The average molecular weight is 553 g/mol. The third-order valence-corrected chi connectivity index (χ3v) is 9.71. The van der Waals surface area contributed by atoms with Gasteiger partial charge >= 0.3 is 0 Å². The highest BCUT2D eigenvalue weighted by Gasteiger charge is 2.74. The number of nitrogens with one attached hydrogen (secondary N) is 6. The number of aliphatic hydroxyl groups is 2. The van der Waals surface area contributed by atoms with E-state index < -0.39 is 35.5 Å². The molecular formula is C26H32N8O6. The normalized spacial score (nSPS) is 32.8. The number of carbonyl (C=O) groups excluding carboxylic acids is 3. The van der Waals surface area contributed by atoms with Crippen LogP contribution < -0.4 is 26.0 Å². The molecule has 1 aromatic carbocycles. The molecule has 2 unspecified atom stereocenters. The van der Waals surface area contributed by atoms with Crippen molar-refractivity contribution in [2.45, 2.75) is 73.5 Å². The summed E-state index contributed by atoms with van der Waals surface area (Å²) < 4.78 is 5.96. The Morgan fingerprint density at radius 3 is 2.58 bits per heavy atom. The van der Waals surface area contributed by atoms with Crippen molar-refractivity contribution in [3.8, 4) is 5.75 Å². The van der Waals surface area contributed by atoms with Gasteiger partial charge in [0, 0.05) is 30.4 Å². The van der Waals surface area contributed by atoms with E-state index in [9.17, 15) is 24.6 Å². The summed E-state index contributed by atoms with van der Waals surface area (Å²) in [7, 11) is 0. The molecule has 6 aliphatic rings. The summed E-state index contributed by atoms with van der Waals surface area (Å²) in [5.74, 6) is -3.78. The van der Waals surface area contributed by atoms with Crippen LogP contribution in [0.2, 0.25) is 0 Å². The van der Waals surface area contributed by atoms with Crippen LogP contribution in [-0.2, 0) is 15.0 Å². The summed E-state index contributed by atoms with van der Waals surface area (Å²) in [6, 6.07) is 2.44. The third-order valence-electron chi connectivity index (χ3n) is 9.71. The largest absolute Gasteiger partial charge is 0.492 e. The number of imide groups is 1. The fourth-order valence-corrected chi connectivity index (χ4v) is 7.49. The van der Waals surface area contributed by atoms with Crippen molar-refractivity contribution in [2.75, 3.05) is 19.7 Å². The van der Waals surface area contributed by atoms with Crippen LogP contribution in [0.15, 0.2) is 18.2 Å². The van der Waals surface area contributed by atoms with E-state index in [0.717, 1.165) is 36.1 Å². The van der Waals surface area contributed by atoms with Crippen molar-refractivity contribution in [3.63, 3.8) is 0 Å². The second-order valence-electron chi connectivity index (χ2n) is 11.7. The topological polar surface area (TPSA) is 203 Å². The zero-order chi connectivity index (χ0) is 28.0. The third kappa shape index (κ3) is 3.19. The van der Waals surface area contributed by atoms with Crippen LogP contribution in [0.25, 0.3) is 0 Å². The van der Waals surface area contributed by atoms with Crippen molar-refractivity contribution < 1.29 is 29.3 Å². The van der Waals surface area contributed by atoms with E-state index in [1.54, 1.807) is 6.07 Å². The Morgan fingerprint density at radius 2 is 1.88 bits per heavy atom. The van der Waals surface area contributed by atoms with Crippen LogP contribution >= 0.6 is 0 Å². The van der Waals surface area contributed by atoms with E-state index in [1.807, 2.05) is 12.1 Å². The number of carbonyl (C=O) groups is 3. The van der Waals surface area contributed by atoms with E-state index in [0.29, 0.717) is 17.9 Å². The lowest BCUT2D eigenvalue weighted by Gasteiger charge is -2.51. The molecule has 40 heavy (non-hydrogen) atoms. The van der Waals surface area contributed by atoms with Crippen molar-refractivity contribution in [1.82, 2.24) is 31.1 Å². The van der Waals surface area contributed by atoms with Crippen molar-refractivity contribution >= 4 is 29.6 Å². The number of guanidine groups is 2. The highest BCUT2D eigenvalue weighted by Crippen LogP contribution is 2.52.